The van der Waals surface area contributed by atoms with Gasteiger partial charge in [0.15, 0.2) is 0 Å². The van der Waals surface area contributed by atoms with E-state index in [1.165, 1.54) is 31.2 Å². The standard InChI is InChI=1S/C17H25NO/c1-3-12-19-17-11-7-6-10-16(17)13-18-14(2)15-8-4-5-9-15/h3,6-7,10-11,14-15,18H,1,4-5,8-9,12-13H2,2H3/t14-/m0/s1. The van der Waals surface area contributed by atoms with Crippen LogP contribution >= 0.6 is 0 Å². The van der Waals surface area contributed by atoms with Crippen molar-refractivity contribution < 1.29 is 4.74 Å². The van der Waals surface area contributed by atoms with Crippen LogP contribution < -0.4 is 10.1 Å². The van der Waals surface area contributed by atoms with Gasteiger partial charge < -0.3 is 10.1 Å². The van der Waals surface area contributed by atoms with Crippen molar-refractivity contribution in [1.82, 2.24) is 5.32 Å². The van der Waals surface area contributed by atoms with Crippen LogP contribution in [0.1, 0.15) is 38.2 Å². The molecule has 0 saturated heterocycles. The fraction of sp³-hybridized carbons (Fsp3) is 0.529. The summed E-state index contributed by atoms with van der Waals surface area (Å²) in [6, 6.07) is 8.84. The molecular weight excluding hydrogens is 234 g/mol. The Kier molecular flexibility index (Phi) is 5.46. The van der Waals surface area contributed by atoms with Crippen molar-refractivity contribution in [3.63, 3.8) is 0 Å². The van der Waals surface area contributed by atoms with Crippen molar-refractivity contribution in [2.75, 3.05) is 6.61 Å². The van der Waals surface area contributed by atoms with E-state index in [1.54, 1.807) is 6.08 Å². The third-order valence-electron chi connectivity index (χ3n) is 4.05. The number of ether oxygens (including phenoxy) is 1. The first kappa shape index (κ1) is 14.1. The summed E-state index contributed by atoms with van der Waals surface area (Å²) in [7, 11) is 0. The van der Waals surface area contributed by atoms with Crippen molar-refractivity contribution in [3.05, 3.63) is 42.5 Å². The molecule has 19 heavy (non-hydrogen) atoms. The quantitative estimate of drug-likeness (QED) is 0.749. The van der Waals surface area contributed by atoms with E-state index in [2.05, 4.69) is 31.0 Å². The highest BCUT2D eigenvalue weighted by Crippen LogP contribution is 2.28. The molecule has 1 saturated carbocycles. The highest BCUT2D eigenvalue weighted by Gasteiger charge is 2.21. The molecule has 1 fully saturated rings. The van der Waals surface area contributed by atoms with Gasteiger partial charge in [-0.25, -0.2) is 0 Å². The molecule has 0 unspecified atom stereocenters. The lowest BCUT2D eigenvalue weighted by Gasteiger charge is -2.21. The summed E-state index contributed by atoms with van der Waals surface area (Å²) in [4.78, 5) is 0. The Morgan fingerprint density at radius 2 is 2.11 bits per heavy atom. The second kappa shape index (κ2) is 7.34. The Balaban J connectivity index is 1.89. The van der Waals surface area contributed by atoms with E-state index in [9.17, 15) is 0 Å². The lowest BCUT2D eigenvalue weighted by atomic mass is 9.99. The largest absolute Gasteiger partial charge is 0.489 e. The van der Waals surface area contributed by atoms with E-state index in [4.69, 9.17) is 4.74 Å². The topological polar surface area (TPSA) is 21.3 Å². The molecule has 1 aromatic carbocycles. The van der Waals surface area contributed by atoms with Crippen LogP contribution in [0.4, 0.5) is 0 Å². The first-order valence-electron chi connectivity index (χ1n) is 7.36. The molecular formula is C17H25NO. The number of benzene rings is 1. The summed E-state index contributed by atoms with van der Waals surface area (Å²) in [5.74, 6) is 1.81. The van der Waals surface area contributed by atoms with Gasteiger partial charge in [0.25, 0.3) is 0 Å². The number of para-hydroxylation sites is 1. The molecule has 2 heteroatoms. The smallest absolute Gasteiger partial charge is 0.124 e. The van der Waals surface area contributed by atoms with E-state index >= 15 is 0 Å². The van der Waals surface area contributed by atoms with Crippen molar-refractivity contribution in [3.8, 4) is 5.75 Å². The minimum absolute atomic E-state index is 0.565. The van der Waals surface area contributed by atoms with Crippen LogP contribution in [0, 0.1) is 5.92 Å². The Labute approximate surface area is 116 Å². The van der Waals surface area contributed by atoms with E-state index in [1.807, 2.05) is 12.1 Å². The summed E-state index contributed by atoms with van der Waals surface area (Å²) in [6.45, 7) is 7.44. The molecule has 0 spiro atoms. The van der Waals surface area contributed by atoms with E-state index in [0.29, 0.717) is 12.6 Å². The van der Waals surface area contributed by atoms with Crippen LogP contribution in [0.25, 0.3) is 0 Å². The third-order valence-corrected chi connectivity index (χ3v) is 4.05. The van der Waals surface area contributed by atoms with Crippen LogP contribution in [0.3, 0.4) is 0 Å². The van der Waals surface area contributed by atoms with Crippen LogP contribution in [0.5, 0.6) is 5.75 Å². The lowest BCUT2D eigenvalue weighted by Crippen LogP contribution is -2.31. The van der Waals surface area contributed by atoms with Gasteiger partial charge in [0.1, 0.15) is 12.4 Å². The summed E-state index contributed by atoms with van der Waals surface area (Å²) in [6.07, 6.45) is 7.34. The Morgan fingerprint density at radius 3 is 2.84 bits per heavy atom. The van der Waals surface area contributed by atoms with Crippen LogP contribution in [0.15, 0.2) is 36.9 Å². The monoisotopic (exact) mass is 259 g/mol. The number of rotatable bonds is 7. The minimum atomic E-state index is 0.565. The average Bonchev–Trinajstić information content (AvgIpc) is 2.97. The Hall–Kier alpha value is -1.28. The van der Waals surface area contributed by atoms with Crippen molar-refractivity contribution in [2.45, 2.75) is 45.2 Å². The zero-order valence-corrected chi connectivity index (χ0v) is 11.9. The molecule has 2 rings (SSSR count). The highest BCUT2D eigenvalue weighted by molar-refractivity contribution is 5.33. The molecule has 0 amide bonds. The maximum absolute atomic E-state index is 5.69. The molecule has 1 aliphatic carbocycles. The molecule has 1 aromatic rings. The predicted octanol–water partition coefficient (Wildman–Crippen LogP) is 3.92. The van der Waals surface area contributed by atoms with Crippen molar-refractivity contribution in [2.24, 2.45) is 5.92 Å². The van der Waals surface area contributed by atoms with Gasteiger partial charge in [-0.3, -0.25) is 0 Å². The molecule has 0 aliphatic heterocycles. The Morgan fingerprint density at radius 1 is 1.37 bits per heavy atom. The van der Waals surface area contributed by atoms with Gasteiger partial charge in [0, 0.05) is 18.2 Å². The van der Waals surface area contributed by atoms with Crippen LogP contribution in [-0.2, 0) is 6.54 Å². The second-order valence-corrected chi connectivity index (χ2v) is 5.42. The fourth-order valence-corrected chi connectivity index (χ4v) is 2.83. The second-order valence-electron chi connectivity index (χ2n) is 5.42. The number of hydrogen-bond donors (Lipinski definition) is 1. The predicted molar refractivity (Wildman–Crippen MR) is 80.4 cm³/mol. The summed E-state index contributed by atoms with van der Waals surface area (Å²) in [5, 5.41) is 3.65. The zero-order chi connectivity index (χ0) is 13.5. The molecule has 0 radical (unpaired) electrons. The van der Waals surface area contributed by atoms with Gasteiger partial charge >= 0.3 is 0 Å². The van der Waals surface area contributed by atoms with Gasteiger partial charge in [-0.1, -0.05) is 43.7 Å². The number of nitrogens with one attached hydrogen (secondary N) is 1. The molecule has 2 nitrogen and oxygen atoms in total. The fourth-order valence-electron chi connectivity index (χ4n) is 2.83. The molecule has 1 aliphatic rings. The Bertz CT molecular complexity index is 396. The van der Waals surface area contributed by atoms with Crippen LogP contribution in [-0.4, -0.2) is 12.6 Å². The molecule has 0 aromatic heterocycles. The molecule has 0 bridgehead atoms. The van der Waals surface area contributed by atoms with Crippen LogP contribution in [0.2, 0.25) is 0 Å². The summed E-state index contributed by atoms with van der Waals surface area (Å²) in [5.41, 5.74) is 1.23. The first-order valence-corrected chi connectivity index (χ1v) is 7.36. The third kappa shape index (κ3) is 4.10. The van der Waals surface area contributed by atoms with Gasteiger partial charge in [0.2, 0.25) is 0 Å². The molecule has 1 N–H and O–H groups in total. The number of hydrogen-bond acceptors (Lipinski definition) is 2. The minimum Gasteiger partial charge on any atom is -0.489 e. The first-order chi connectivity index (χ1) is 9.31. The van der Waals surface area contributed by atoms with Gasteiger partial charge in [0.05, 0.1) is 0 Å². The van der Waals surface area contributed by atoms with Crippen molar-refractivity contribution >= 4 is 0 Å². The lowest BCUT2D eigenvalue weighted by molar-refractivity contribution is 0.349. The van der Waals surface area contributed by atoms with Crippen molar-refractivity contribution in [1.29, 1.82) is 0 Å². The van der Waals surface area contributed by atoms with E-state index in [0.717, 1.165) is 18.2 Å². The highest BCUT2D eigenvalue weighted by atomic mass is 16.5. The molecule has 1 atom stereocenters. The SMILES string of the molecule is C=CCOc1ccccc1CN[C@@H](C)C1CCCC1. The summed E-state index contributed by atoms with van der Waals surface area (Å²) < 4.78 is 5.69. The van der Waals surface area contributed by atoms with Gasteiger partial charge in [-0.2, -0.15) is 0 Å². The average molecular weight is 259 g/mol. The van der Waals surface area contributed by atoms with Gasteiger partial charge in [-0.05, 0) is 31.7 Å². The van der Waals surface area contributed by atoms with Gasteiger partial charge in [-0.15, -0.1) is 0 Å². The zero-order valence-electron chi connectivity index (χ0n) is 11.9. The maximum Gasteiger partial charge on any atom is 0.124 e. The molecule has 104 valence electrons. The summed E-state index contributed by atoms with van der Waals surface area (Å²) >= 11 is 0. The van der Waals surface area contributed by atoms with E-state index < -0.39 is 0 Å². The normalized spacial score (nSPS) is 17.3. The van der Waals surface area contributed by atoms with E-state index in [-0.39, 0.29) is 0 Å². The maximum atomic E-state index is 5.69. The molecule has 0 heterocycles.